The van der Waals surface area contributed by atoms with Gasteiger partial charge in [0.1, 0.15) is 0 Å². The quantitative estimate of drug-likeness (QED) is 0.771. The highest BCUT2D eigenvalue weighted by atomic mass is 16.5. The molecule has 0 fully saturated rings. The molecule has 1 rings (SSSR count). The van der Waals surface area contributed by atoms with Gasteiger partial charge in [-0.1, -0.05) is 34.1 Å². The largest absolute Gasteiger partial charge is 0.476 e. The molecular formula is C14H25N3O. The number of rotatable bonds is 8. The lowest BCUT2D eigenvalue weighted by Gasteiger charge is -2.12. The Labute approximate surface area is 110 Å². The van der Waals surface area contributed by atoms with Gasteiger partial charge < -0.3 is 10.1 Å². The average molecular weight is 251 g/mol. The van der Waals surface area contributed by atoms with E-state index in [9.17, 15) is 0 Å². The van der Waals surface area contributed by atoms with Crippen molar-refractivity contribution >= 4 is 0 Å². The van der Waals surface area contributed by atoms with Gasteiger partial charge in [-0.2, -0.15) is 0 Å². The maximum atomic E-state index is 5.67. The maximum absolute atomic E-state index is 5.67. The van der Waals surface area contributed by atoms with E-state index in [0.717, 1.165) is 12.2 Å². The average Bonchev–Trinajstić information content (AvgIpc) is 2.35. The SMILES string of the molecule is CCCC(C)COc1cncc(CNC(C)C)n1. The van der Waals surface area contributed by atoms with Crippen LogP contribution >= 0.6 is 0 Å². The molecule has 18 heavy (non-hydrogen) atoms. The van der Waals surface area contributed by atoms with Gasteiger partial charge in [0, 0.05) is 18.8 Å². The zero-order chi connectivity index (χ0) is 13.4. The molecule has 0 amide bonds. The van der Waals surface area contributed by atoms with Crippen molar-refractivity contribution in [3.05, 3.63) is 18.1 Å². The Morgan fingerprint density at radius 2 is 2.06 bits per heavy atom. The van der Waals surface area contributed by atoms with E-state index < -0.39 is 0 Å². The molecule has 0 aliphatic rings. The minimum atomic E-state index is 0.445. The van der Waals surface area contributed by atoms with Crippen molar-refractivity contribution in [2.24, 2.45) is 5.92 Å². The van der Waals surface area contributed by atoms with Gasteiger partial charge >= 0.3 is 0 Å². The Bertz CT molecular complexity index is 342. The van der Waals surface area contributed by atoms with Crippen molar-refractivity contribution in [2.75, 3.05) is 6.61 Å². The monoisotopic (exact) mass is 251 g/mol. The van der Waals surface area contributed by atoms with Gasteiger partial charge in [0.2, 0.25) is 5.88 Å². The van der Waals surface area contributed by atoms with Crippen molar-refractivity contribution in [1.29, 1.82) is 0 Å². The molecule has 4 nitrogen and oxygen atoms in total. The highest BCUT2D eigenvalue weighted by molar-refractivity contribution is 5.08. The third-order valence-electron chi connectivity index (χ3n) is 2.65. The Morgan fingerprint density at radius 1 is 1.28 bits per heavy atom. The molecular weight excluding hydrogens is 226 g/mol. The summed E-state index contributed by atoms with van der Waals surface area (Å²) in [5.74, 6) is 1.19. The summed E-state index contributed by atoms with van der Waals surface area (Å²) in [4.78, 5) is 8.59. The van der Waals surface area contributed by atoms with Crippen LogP contribution in [0, 0.1) is 5.92 Å². The van der Waals surface area contributed by atoms with Crippen molar-refractivity contribution in [3.8, 4) is 5.88 Å². The number of ether oxygens (including phenoxy) is 1. The first kappa shape index (κ1) is 14.9. The molecule has 0 bridgehead atoms. The summed E-state index contributed by atoms with van der Waals surface area (Å²) in [5.41, 5.74) is 0.921. The summed E-state index contributed by atoms with van der Waals surface area (Å²) in [6.45, 7) is 10.0. The number of hydrogen-bond donors (Lipinski definition) is 1. The first-order valence-electron chi connectivity index (χ1n) is 6.79. The standard InChI is InChI=1S/C14H25N3O/c1-5-6-12(4)10-18-14-9-15-7-13(17-14)8-16-11(2)3/h7,9,11-12,16H,5-6,8,10H2,1-4H3. The molecule has 1 aromatic heterocycles. The van der Waals surface area contributed by atoms with Gasteiger partial charge in [-0.15, -0.1) is 0 Å². The van der Waals surface area contributed by atoms with E-state index in [2.05, 4.69) is 43.0 Å². The highest BCUT2D eigenvalue weighted by Gasteiger charge is 2.04. The van der Waals surface area contributed by atoms with Crippen LogP contribution < -0.4 is 10.1 Å². The van der Waals surface area contributed by atoms with Gasteiger partial charge in [-0.05, 0) is 12.3 Å². The van der Waals surface area contributed by atoms with Crippen molar-refractivity contribution in [2.45, 2.75) is 53.1 Å². The molecule has 102 valence electrons. The minimum Gasteiger partial charge on any atom is -0.476 e. The van der Waals surface area contributed by atoms with Crippen molar-refractivity contribution in [3.63, 3.8) is 0 Å². The van der Waals surface area contributed by atoms with Crippen LogP contribution in [0.25, 0.3) is 0 Å². The molecule has 1 unspecified atom stereocenters. The minimum absolute atomic E-state index is 0.445. The third-order valence-corrected chi connectivity index (χ3v) is 2.65. The Morgan fingerprint density at radius 3 is 2.72 bits per heavy atom. The van der Waals surface area contributed by atoms with Crippen molar-refractivity contribution in [1.82, 2.24) is 15.3 Å². The van der Waals surface area contributed by atoms with Gasteiger partial charge in [0.05, 0.1) is 18.5 Å². The molecule has 4 heteroatoms. The zero-order valence-corrected chi connectivity index (χ0v) is 11.9. The Kier molecular flexibility index (Phi) is 6.65. The first-order valence-corrected chi connectivity index (χ1v) is 6.79. The molecule has 1 N–H and O–H groups in total. The highest BCUT2D eigenvalue weighted by Crippen LogP contribution is 2.10. The molecule has 1 heterocycles. The predicted octanol–water partition coefficient (Wildman–Crippen LogP) is 2.79. The maximum Gasteiger partial charge on any atom is 0.232 e. The van der Waals surface area contributed by atoms with E-state index in [1.54, 1.807) is 12.4 Å². The second kappa shape index (κ2) is 8.03. The van der Waals surface area contributed by atoms with Crippen LogP contribution in [-0.2, 0) is 6.54 Å². The molecule has 1 atom stereocenters. The summed E-state index contributed by atoms with van der Waals surface area (Å²) >= 11 is 0. The van der Waals surface area contributed by atoms with Crippen LogP contribution in [-0.4, -0.2) is 22.6 Å². The summed E-state index contributed by atoms with van der Waals surface area (Å²) in [7, 11) is 0. The fourth-order valence-corrected chi connectivity index (χ4v) is 1.65. The lowest BCUT2D eigenvalue weighted by Crippen LogP contribution is -2.22. The van der Waals surface area contributed by atoms with Crippen LogP contribution in [0.3, 0.4) is 0 Å². The molecule has 0 aliphatic carbocycles. The molecule has 0 saturated carbocycles. The molecule has 1 aromatic rings. The van der Waals surface area contributed by atoms with Gasteiger partial charge in [-0.3, -0.25) is 4.98 Å². The second-order valence-electron chi connectivity index (χ2n) is 5.09. The van der Waals surface area contributed by atoms with Gasteiger partial charge in [0.25, 0.3) is 0 Å². The van der Waals surface area contributed by atoms with E-state index in [-0.39, 0.29) is 0 Å². The van der Waals surface area contributed by atoms with E-state index in [4.69, 9.17) is 4.74 Å². The first-order chi connectivity index (χ1) is 8.61. The lowest BCUT2D eigenvalue weighted by atomic mass is 10.1. The summed E-state index contributed by atoms with van der Waals surface area (Å²) in [6, 6.07) is 0.445. The van der Waals surface area contributed by atoms with Crippen LogP contribution in [0.15, 0.2) is 12.4 Å². The fourth-order valence-electron chi connectivity index (χ4n) is 1.65. The second-order valence-corrected chi connectivity index (χ2v) is 5.09. The molecule has 0 saturated heterocycles. The summed E-state index contributed by atoms with van der Waals surface area (Å²) < 4.78 is 5.67. The van der Waals surface area contributed by atoms with Gasteiger partial charge in [-0.25, -0.2) is 4.98 Å². The lowest BCUT2D eigenvalue weighted by molar-refractivity contribution is 0.241. The van der Waals surface area contributed by atoms with E-state index in [1.165, 1.54) is 12.8 Å². The Hall–Kier alpha value is -1.16. The molecule has 0 radical (unpaired) electrons. The number of hydrogen-bond acceptors (Lipinski definition) is 4. The normalized spacial score (nSPS) is 12.7. The molecule has 0 aromatic carbocycles. The molecule has 0 aliphatic heterocycles. The number of aromatic nitrogens is 2. The summed E-state index contributed by atoms with van der Waals surface area (Å²) in [5, 5.41) is 3.32. The summed E-state index contributed by atoms with van der Waals surface area (Å²) in [6.07, 6.45) is 5.83. The van der Waals surface area contributed by atoms with Crippen molar-refractivity contribution < 1.29 is 4.74 Å². The van der Waals surface area contributed by atoms with E-state index in [0.29, 0.717) is 24.4 Å². The fraction of sp³-hybridized carbons (Fsp3) is 0.714. The third kappa shape index (κ3) is 5.96. The van der Waals surface area contributed by atoms with E-state index in [1.807, 2.05) is 0 Å². The van der Waals surface area contributed by atoms with Crippen LogP contribution in [0.2, 0.25) is 0 Å². The topological polar surface area (TPSA) is 47.0 Å². The van der Waals surface area contributed by atoms with Crippen LogP contribution in [0.4, 0.5) is 0 Å². The Balaban J connectivity index is 2.43. The van der Waals surface area contributed by atoms with E-state index >= 15 is 0 Å². The number of nitrogens with one attached hydrogen (secondary N) is 1. The predicted molar refractivity (Wildman–Crippen MR) is 73.6 cm³/mol. The van der Waals surface area contributed by atoms with Crippen LogP contribution in [0.1, 0.15) is 46.2 Å². The zero-order valence-electron chi connectivity index (χ0n) is 11.9. The van der Waals surface area contributed by atoms with Gasteiger partial charge in [0.15, 0.2) is 0 Å². The number of nitrogens with zero attached hydrogens (tertiary/aromatic N) is 2. The van der Waals surface area contributed by atoms with Crippen LogP contribution in [0.5, 0.6) is 5.88 Å². The molecule has 0 spiro atoms. The smallest absolute Gasteiger partial charge is 0.232 e.